The lowest BCUT2D eigenvalue weighted by molar-refractivity contribution is -0.384. The van der Waals surface area contributed by atoms with Crippen molar-refractivity contribution in [3.8, 4) is 0 Å². The molecule has 3 N–H and O–H groups in total. The van der Waals surface area contributed by atoms with Crippen LogP contribution in [-0.2, 0) is 4.74 Å². The van der Waals surface area contributed by atoms with Gasteiger partial charge >= 0.3 is 0 Å². The van der Waals surface area contributed by atoms with E-state index < -0.39 is 4.92 Å². The van der Waals surface area contributed by atoms with Crippen molar-refractivity contribution in [2.24, 2.45) is 0 Å². The third kappa shape index (κ3) is 2.51. The lowest BCUT2D eigenvalue weighted by Gasteiger charge is -2.40. The lowest BCUT2D eigenvalue weighted by atomic mass is 9.80. The Bertz CT molecular complexity index is 454. The Morgan fingerprint density at radius 3 is 2.83 bits per heavy atom. The van der Waals surface area contributed by atoms with Gasteiger partial charge in [-0.05, 0) is 19.3 Å². The number of methoxy groups -OCH3 is 1. The number of nitro groups is 1. The van der Waals surface area contributed by atoms with E-state index in [-0.39, 0.29) is 17.1 Å². The van der Waals surface area contributed by atoms with Gasteiger partial charge in [-0.3, -0.25) is 10.1 Å². The molecule has 0 atom stereocenters. The smallest absolute Gasteiger partial charge is 0.276 e. The van der Waals surface area contributed by atoms with E-state index in [0.29, 0.717) is 12.4 Å². The second-order valence-electron chi connectivity index (χ2n) is 4.49. The Labute approximate surface area is 104 Å². The van der Waals surface area contributed by atoms with Crippen LogP contribution in [0.1, 0.15) is 19.3 Å². The van der Waals surface area contributed by atoms with E-state index in [4.69, 9.17) is 10.5 Å². The number of aromatic nitrogens is 1. The van der Waals surface area contributed by atoms with Gasteiger partial charge in [-0.15, -0.1) is 0 Å². The van der Waals surface area contributed by atoms with Gasteiger partial charge in [0.2, 0.25) is 0 Å². The van der Waals surface area contributed by atoms with Gasteiger partial charge in [-0.2, -0.15) is 0 Å². The van der Waals surface area contributed by atoms with E-state index >= 15 is 0 Å². The standard InChI is InChI=1S/C11H16N4O3/c1-18-11(3-2-4-11)7-13-10-6-8(15(16)17)5-9(12)14-10/h5-6H,2-4,7H2,1H3,(H3,12,13,14). The SMILES string of the molecule is COC1(CNc2cc([N+](=O)[O-])cc(N)n2)CCC1. The normalized spacial score (nSPS) is 16.9. The van der Waals surface area contributed by atoms with Crippen LogP contribution in [0.5, 0.6) is 0 Å². The monoisotopic (exact) mass is 252 g/mol. The highest BCUT2D eigenvalue weighted by molar-refractivity contribution is 5.52. The van der Waals surface area contributed by atoms with Crippen molar-refractivity contribution in [2.75, 3.05) is 24.7 Å². The average molecular weight is 252 g/mol. The van der Waals surface area contributed by atoms with Crippen LogP contribution in [0.4, 0.5) is 17.3 Å². The fourth-order valence-electron chi connectivity index (χ4n) is 2.01. The molecule has 1 saturated carbocycles. The summed E-state index contributed by atoms with van der Waals surface area (Å²) in [5, 5.41) is 13.8. The number of ether oxygens (including phenoxy) is 1. The summed E-state index contributed by atoms with van der Waals surface area (Å²) in [6.07, 6.45) is 3.11. The second kappa shape index (κ2) is 4.77. The van der Waals surface area contributed by atoms with Crippen molar-refractivity contribution in [3.63, 3.8) is 0 Å². The summed E-state index contributed by atoms with van der Waals surface area (Å²) in [5.41, 5.74) is 5.30. The van der Waals surface area contributed by atoms with E-state index in [1.54, 1.807) is 7.11 Å². The number of nitrogens with two attached hydrogens (primary N) is 1. The summed E-state index contributed by atoms with van der Waals surface area (Å²) in [4.78, 5) is 14.2. The molecule has 0 unspecified atom stereocenters. The lowest BCUT2D eigenvalue weighted by Crippen LogP contribution is -2.45. The van der Waals surface area contributed by atoms with Gasteiger partial charge < -0.3 is 15.8 Å². The molecule has 0 radical (unpaired) electrons. The van der Waals surface area contributed by atoms with Crippen molar-refractivity contribution < 1.29 is 9.66 Å². The number of hydrogen-bond acceptors (Lipinski definition) is 6. The predicted octanol–water partition coefficient (Wildman–Crippen LogP) is 1.55. The first-order chi connectivity index (χ1) is 8.54. The van der Waals surface area contributed by atoms with Gasteiger partial charge in [0.15, 0.2) is 0 Å². The number of nitrogens with zero attached hydrogens (tertiary/aromatic N) is 2. The van der Waals surface area contributed by atoms with Crippen molar-refractivity contribution in [3.05, 3.63) is 22.2 Å². The molecule has 0 saturated heterocycles. The number of nitrogen functional groups attached to an aromatic ring is 1. The van der Waals surface area contributed by atoms with E-state index in [1.165, 1.54) is 12.1 Å². The average Bonchev–Trinajstić information content (AvgIpc) is 2.27. The molecule has 7 nitrogen and oxygen atoms in total. The first-order valence-electron chi connectivity index (χ1n) is 5.76. The van der Waals surface area contributed by atoms with E-state index in [0.717, 1.165) is 19.3 Å². The van der Waals surface area contributed by atoms with Crippen molar-refractivity contribution >= 4 is 17.3 Å². The van der Waals surface area contributed by atoms with Crippen molar-refractivity contribution in [2.45, 2.75) is 24.9 Å². The van der Waals surface area contributed by atoms with Crippen LogP contribution in [0, 0.1) is 10.1 Å². The highest BCUT2D eigenvalue weighted by atomic mass is 16.6. The quantitative estimate of drug-likeness (QED) is 0.608. The van der Waals surface area contributed by atoms with E-state index in [1.807, 2.05) is 0 Å². The van der Waals surface area contributed by atoms with Gasteiger partial charge in [0.05, 0.1) is 22.7 Å². The summed E-state index contributed by atoms with van der Waals surface area (Å²) in [6.45, 7) is 0.580. The third-order valence-electron chi connectivity index (χ3n) is 3.33. The number of pyridine rings is 1. The third-order valence-corrected chi connectivity index (χ3v) is 3.33. The van der Waals surface area contributed by atoms with Crippen LogP contribution < -0.4 is 11.1 Å². The Kier molecular flexibility index (Phi) is 3.33. The maximum absolute atomic E-state index is 10.7. The predicted molar refractivity (Wildman–Crippen MR) is 67.4 cm³/mol. The number of nitrogens with one attached hydrogen (secondary N) is 1. The largest absolute Gasteiger partial charge is 0.383 e. The van der Waals surface area contributed by atoms with Gasteiger partial charge in [0.1, 0.15) is 11.6 Å². The highest BCUT2D eigenvalue weighted by Crippen LogP contribution is 2.35. The zero-order chi connectivity index (χ0) is 13.2. The van der Waals surface area contributed by atoms with Gasteiger partial charge in [0, 0.05) is 13.7 Å². The van der Waals surface area contributed by atoms with Crippen molar-refractivity contribution in [1.29, 1.82) is 0 Å². The molecule has 0 spiro atoms. The molecule has 0 aliphatic heterocycles. The molecule has 1 aliphatic carbocycles. The van der Waals surface area contributed by atoms with Gasteiger partial charge in [-0.1, -0.05) is 0 Å². The van der Waals surface area contributed by atoms with Crippen LogP contribution >= 0.6 is 0 Å². The molecule has 7 heteroatoms. The minimum absolute atomic E-state index is 0.0647. The molecule has 0 bridgehead atoms. The molecular formula is C11H16N4O3. The molecule has 0 aromatic carbocycles. The number of rotatable bonds is 5. The van der Waals surface area contributed by atoms with Gasteiger partial charge in [0.25, 0.3) is 5.69 Å². The van der Waals surface area contributed by atoms with Gasteiger partial charge in [-0.25, -0.2) is 4.98 Å². The minimum atomic E-state index is -0.487. The molecule has 1 aromatic heterocycles. The Balaban J connectivity index is 2.07. The number of anilines is 2. The summed E-state index contributed by atoms with van der Waals surface area (Å²) >= 11 is 0. The molecule has 98 valence electrons. The van der Waals surface area contributed by atoms with Crippen LogP contribution in [0.25, 0.3) is 0 Å². The molecule has 1 heterocycles. The summed E-state index contributed by atoms with van der Waals surface area (Å²) in [5.74, 6) is 0.539. The number of hydrogen-bond donors (Lipinski definition) is 2. The first kappa shape index (κ1) is 12.6. The Hall–Kier alpha value is -1.89. The minimum Gasteiger partial charge on any atom is -0.383 e. The van der Waals surface area contributed by atoms with Crippen molar-refractivity contribution in [1.82, 2.24) is 4.98 Å². The molecular weight excluding hydrogens is 236 g/mol. The zero-order valence-electron chi connectivity index (χ0n) is 10.2. The molecule has 1 fully saturated rings. The Morgan fingerprint density at radius 1 is 1.61 bits per heavy atom. The van der Waals surface area contributed by atoms with Crippen LogP contribution in [-0.4, -0.2) is 29.2 Å². The molecule has 0 amide bonds. The van der Waals surface area contributed by atoms with E-state index in [2.05, 4.69) is 10.3 Å². The second-order valence-corrected chi connectivity index (χ2v) is 4.49. The maximum atomic E-state index is 10.7. The summed E-state index contributed by atoms with van der Waals surface area (Å²) in [6, 6.07) is 2.61. The molecule has 18 heavy (non-hydrogen) atoms. The summed E-state index contributed by atoms with van der Waals surface area (Å²) < 4.78 is 5.45. The highest BCUT2D eigenvalue weighted by Gasteiger charge is 2.36. The molecule has 2 rings (SSSR count). The Morgan fingerprint density at radius 2 is 2.33 bits per heavy atom. The topological polar surface area (TPSA) is 103 Å². The fourth-order valence-corrected chi connectivity index (χ4v) is 2.01. The van der Waals surface area contributed by atoms with Crippen LogP contribution in [0.15, 0.2) is 12.1 Å². The molecule has 1 aromatic rings. The van der Waals surface area contributed by atoms with E-state index in [9.17, 15) is 10.1 Å². The first-order valence-corrected chi connectivity index (χ1v) is 5.76. The molecule has 1 aliphatic rings. The summed E-state index contributed by atoms with van der Waals surface area (Å²) in [7, 11) is 1.68. The fraction of sp³-hybridized carbons (Fsp3) is 0.545. The van der Waals surface area contributed by atoms with Crippen LogP contribution in [0.2, 0.25) is 0 Å². The maximum Gasteiger partial charge on any atom is 0.276 e. The zero-order valence-corrected chi connectivity index (χ0v) is 10.2. The van der Waals surface area contributed by atoms with Crippen LogP contribution in [0.3, 0.4) is 0 Å².